The Labute approximate surface area is 153 Å². The molecule has 0 unspecified atom stereocenters. The van der Waals surface area contributed by atoms with Crippen LogP contribution < -0.4 is 15.4 Å². The Morgan fingerprint density at radius 1 is 1.20 bits per heavy atom. The van der Waals surface area contributed by atoms with Crippen molar-refractivity contribution < 1.29 is 19.1 Å². The molecule has 0 saturated carbocycles. The second kappa shape index (κ2) is 9.84. The van der Waals surface area contributed by atoms with Crippen LogP contribution in [0.1, 0.15) is 5.56 Å². The molecule has 0 aliphatic rings. The zero-order chi connectivity index (χ0) is 18.1. The van der Waals surface area contributed by atoms with E-state index in [0.717, 1.165) is 11.3 Å². The number of thioether (sulfide) groups is 1. The van der Waals surface area contributed by atoms with Gasteiger partial charge >= 0.3 is 5.97 Å². The predicted molar refractivity (Wildman–Crippen MR) is 96.0 cm³/mol. The van der Waals surface area contributed by atoms with Crippen LogP contribution >= 0.6 is 23.1 Å². The number of methoxy groups -OCH3 is 2. The fraction of sp³-hybridized carbons (Fsp3) is 0.333. The fourth-order valence-electron chi connectivity index (χ4n) is 1.68. The van der Waals surface area contributed by atoms with Gasteiger partial charge < -0.3 is 20.1 Å². The molecule has 2 N–H and O–H groups in total. The van der Waals surface area contributed by atoms with Crippen LogP contribution in [0.2, 0.25) is 0 Å². The molecule has 0 spiro atoms. The zero-order valence-corrected chi connectivity index (χ0v) is 15.4. The lowest BCUT2D eigenvalue weighted by molar-refractivity contribution is -0.140. The molecule has 134 valence electrons. The van der Waals surface area contributed by atoms with Gasteiger partial charge in [-0.15, -0.1) is 10.2 Å². The van der Waals surface area contributed by atoms with Crippen LogP contribution in [0.5, 0.6) is 5.75 Å². The number of carbonyl (C=O) groups is 2. The highest BCUT2D eigenvalue weighted by Crippen LogP contribution is 2.25. The number of nitrogens with one attached hydrogen (secondary N) is 2. The first-order valence-corrected chi connectivity index (χ1v) is 9.07. The number of anilines is 1. The molecule has 1 amide bonds. The average molecular weight is 382 g/mol. The van der Waals surface area contributed by atoms with Gasteiger partial charge in [0.25, 0.3) is 0 Å². The summed E-state index contributed by atoms with van der Waals surface area (Å²) < 4.78 is 10.2. The normalized spacial score (nSPS) is 10.2. The van der Waals surface area contributed by atoms with Crippen LogP contribution in [-0.2, 0) is 20.9 Å². The van der Waals surface area contributed by atoms with Gasteiger partial charge in [0.05, 0.1) is 20.0 Å². The second-order valence-electron chi connectivity index (χ2n) is 4.72. The molecule has 1 aromatic carbocycles. The molecule has 0 bridgehead atoms. The monoisotopic (exact) mass is 382 g/mol. The molecule has 0 saturated heterocycles. The van der Waals surface area contributed by atoms with Crippen LogP contribution in [-0.4, -0.2) is 48.6 Å². The van der Waals surface area contributed by atoms with Crippen LogP contribution in [0.3, 0.4) is 0 Å². The van der Waals surface area contributed by atoms with E-state index in [0.29, 0.717) is 16.0 Å². The minimum Gasteiger partial charge on any atom is -0.497 e. The Morgan fingerprint density at radius 2 is 1.96 bits per heavy atom. The smallest absolute Gasteiger partial charge is 0.325 e. The molecule has 2 aromatic rings. The molecule has 25 heavy (non-hydrogen) atoms. The first kappa shape index (κ1) is 19.0. The lowest BCUT2D eigenvalue weighted by Gasteiger charge is -2.04. The van der Waals surface area contributed by atoms with Crippen LogP contribution in [0, 0.1) is 0 Å². The van der Waals surface area contributed by atoms with Gasteiger partial charge in [0.1, 0.15) is 12.3 Å². The van der Waals surface area contributed by atoms with Gasteiger partial charge in [-0.05, 0) is 17.7 Å². The third-order valence-electron chi connectivity index (χ3n) is 2.99. The fourth-order valence-corrected chi connectivity index (χ4v) is 3.26. The zero-order valence-electron chi connectivity index (χ0n) is 13.8. The quantitative estimate of drug-likeness (QED) is 0.497. The Hall–Kier alpha value is -2.33. The maximum absolute atomic E-state index is 11.6. The van der Waals surface area contributed by atoms with Crippen LogP contribution in [0.4, 0.5) is 5.13 Å². The van der Waals surface area contributed by atoms with Gasteiger partial charge in [-0.3, -0.25) is 9.59 Å². The van der Waals surface area contributed by atoms with Crippen molar-refractivity contribution in [2.75, 3.05) is 31.8 Å². The number of hydrogen-bond acceptors (Lipinski definition) is 9. The van der Waals surface area contributed by atoms with Crippen molar-refractivity contribution >= 4 is 40.1 Å². The highest BCUT2D eigenvalue weighted by molar-refractivity contribution is 8.01. The van der Waals surface area contributed by atoms with E-state index in [2.05, 4.69) is 25.6 Å². The Bertz CT molecular complexity index is 706. The van der Waals surface area contributed by atoms with E-state index in [-0.39, 0.29) is 18.2 Å². The molecule has 10 heteroatoms. The van der Waals surface area contributed by atoms with Crippen molar-refractivity contribution in [1.82, 2.24) is 15.5 Å². The van der Waals surface area contributed by atoms with Gasteiger partial charge in [-0.25, -0.2) is 0 Å². The molecule has 0 aliphatic heterocycles. The predicted octanol–water partition coefficient (Wildman–Crippen LogP) is 1.54. The minimum atomic E-state index is -0.487. The summed E-state index contributed by atoms with van der Waals surface area (Å²) in [5.41, 5.74) is 1.09. The summed E-state index contributed by atoms with van der Waals surface area (Å²) >= 11 is 2.62. The Balaban J connectivity index is 1.73. The van der Waals surface area contributed by atoms with Gasteiger partial charge in [-0.2, -0.15) is 0 Å². The topological polar surface area (TPSA) is 102 Å². The second-order valence-corrected chi connectivity index (χ2v) is 6.92. The van der Waals surface area contributed by atoms with Gasteiger partial charge in [0, 0.05) is 6.54 Å². The lowest BCUT2D eigenvalue weighted by atomic mass is 10.2. The third kappa shape index (κ3) is 6.59. The van der Waals surface area contributed by atoms with Crippen molar-refractivity contribution in [3.05, 3.63) is 29.8 Å². The number of amides is 1. The van der Waals surface area contributed by atoms with E-state index in [9.17, 15) is 9.59 Å². The Morgan fingerprint density at radius 3 is 2.64 bits per heavy atom. The number of esters is 1. The van der Waals surface area contributed by atoms with Gasteiger partial charge in [-0.1, -0.05) is 35.2 Å². The molecule has 1 aromatic heterocycles. The SMILES string of the molecule is COC(=O)CNC(=O)CSc1nnc(NCc2ccc(OC)cc2)s1. The van der Waals surface area contributed by atoms with E-state index in [1.165, 1.54) is 30.2 Å². The van der Waals surface area contributed by atoms with E-state index >= 15 is 0 Å². The summed E-state index contributed by atoms with van der Waals surface area (Å²) in [5, 5.41) is 14.4. The number of ether oxygens (including phenoxy) is 2. The number of carbonyl (C=O) groups excluding carboxylic acids is 2. The highest BCUT2D eigenvalue weighted by Gasteiger charge is 2.09. The van der Waals surface area contributed by atoms with Crippen LogP contribution in [0.15, 0.2) is 28.6 Å². The summed E-state index contributed by atoms with van der Waals surface area (Å²) in [4.78, 5) is 22.5. The summed E-state index contributed by atoms with van der Waals surface area (Å²) in [6, 6.07) is 7.72. The third-order valence-corrected chi connectivity index (χ3v) is 5.01. The molecule has 0 aliphatic carbocycles. The van der Waals surface area contributed by atoms with Crippen LogP contribution in [0.25, 0.3) is 0 Å². The average Bonchev–Trinajstić information content (AvgIpc) is 3.11. The van der Waals surface area contributed by atoms with Crippen molar-refractivity contribution in [2.24, 2.45) is 0 Å². The summed E-state index contributed by atoms with van der Waals surface area (Å²) in [5.74, 6) is 0.214. The molecule has 2 rings (SSSR count). The summed E-state index contributed by atoms with van der Waals surface area (Å²) in [6.07, 6.45) is 0. The van der Waals surface area contributed by atoms with E-state index < -0.39 is 5.97 Å². The highest BCUT2D eigenvalue weighted by atomic mass is 32.2. The van der Waals surface area contributed by atoms with E-state index in [1.807, 2.05) is 24.3 Å². The maximum atomic E-state index is 11.6. The number of hydrogen-bond donors (Lipinski definition) is 2. The first-order chi connectivity index (χ1) is 12.1. The largest absolute Gasteiger partial charge is 0.497 e. The lowest BCUT2D eigenvalue weighted by Crippen LogP contribution is -2.31. The first-order valence-electron chi connectivity index (χ1n) is 7.27. The van der Waals surface area contributed by atoms with Crippen molar-refractivity contribution in [2.45, 2.75) is 10.9 Å². The minimum absolute atomic E-state index is 0.138. The van der Waals surface area contributed by atoms with E-state index in [4.69, 9.17) is 4.74 Å². The summed E-state index contributed by atoms with van der Waals surface area (Å²) in [7, 11) is 2.90. The number of aromatic nitrogens is 2. The van der Waals surface area contributed by atoms with Gasteiger partial charge in [0.2, 0.25) is 11.0 Å². The standard InChI is InChI=1S/C15H18N4O4S2/c1-22-11-5-3-10(4-6-11)7-17-14-18-19-15(25-14)24-9-12(20)16-8-13(21)23-2/h3-6H,7-9H2,1-2H3,(H,16,20)(H,17,18). The summed E-state index contributed by atoms with van der Waals surface area (Å²) in [6.45, 7) is 0.476. The maximum Gasteiger partial charge on any atom is 0.325 e. The molecular weight excluding hydrogens is 364 g/mol. The molecular formula is C15H18N4O4S2. The number of nitrogens with zero attached hydrogens (tertiary/aromatic N) is 2. The van der Waals surface area contributed by atoms with Crippen molar-refractivity contribution in [1.29, 1.82) is 0 Å². The Kier molecular flexibility index (Phi) is 7.48. The molecule has 8 nitrogen and oxygen atoms in total. The number of benzene rings is 1. The number of rotatable bonds is 9. The van der Waals surface area contributed by atoms with Crippen molar-refractivity contribution in [3.8, 4) is 5.75 Å². The van der Waals surface area contributed by atoms with E-state index in [1.54, 1.807) is 7.11 Å². The van der Waals surface area contributed by atoms with Crippen molar-refractivity contribution in [3.63, 3.8) is 0 Å². The van der Waals surface area contributed by atoms with Gasteiger partial charge in [0.15, 0.2) is 4.34 Å². The molecule has 1 heterocycles. The molecule has 0 radical (unpaired) electrons. The molecule has 0 fully saturated rings. The molecule has 0 atom stereocenters.